The number of esters is 1. The number of pyridine rings is 2. The normalized spacial score (nSPS) is 21.9. The number of cyclic esters (lactones) is 1. The summed E-state index contributed by atoms with van der Waals surface area (Å²) >= 11 is 0. The zero-order valence-electron chi connectivity index (χ0n) is 21.4. The van der Waals surface area contributed by atoms with Crippen LogP contribution in [0.4, 0.5) is 4.39 Å². The van der Waals surface area contributed by atoms with Crippen molar-refractivity contribution in [2.45, 2.75) is 64.8 Å². The molecule has 198 valence electrons. The predicted molar refractivity (Wildman–Crippen MR) is 135 cm³/mol. The summed E-state index contributed by atoms with van der Waals surface area (Å²) in [5.41, 5.74) is 2.23. The minimum absolute atomic E-state index is 0.0238. The summed E-state index contributed by atoms with van der Waals surface area (Å²) in [6.45, 7) is 4.64. The molecule has 0 saturated carbocycles. The van der Waals surface area contributed by atoms with Gasteiger partial charge in [-0.3, -0.25) is 9.59 Å². The Morgan fingerprint density at radius 3 is 2.79 bits per heavy atom. The van der Waals surface area contributed by atoms with E-state index in [1.54, 1.807) is 26.8 Å². The van der Waals surface area contributed by atoms with Crippen molar-refractivity contribution in [1.29, 1.82) is 0 Å². The highest BCUT2D eigenvalue weighted by atomic mass is 19.1. The van der Waals surface area contributed by atoms with E-state index < -0.39 is 23.5 Å². The van der Waals surface area contributed by atoms with E-state index in [1.165, 1.54) is 10.6 Å². The molecule has 2 aliphatic heterocycles. The number of carbonyl (C=O) groups is 2. The summed E-state index contributed by atoms with van der Waals surface area (Å²) < 4.78 is 21.7. The molecule has 6 rings (SSSR count). The molecule has 0 unspecified atom stereocenters. The Bertz CT molecular complexity index is 1630. The van der Waals surface area contributed by atoms with Crippen LogP contribution in [0.25, 0.3) is 22.3 Å². The van der Waals surface area contributed by atoms with Gasteiger partial charge in [-0.05, 0) is 48.9 Å². The summed E-state index contributed by atoms with van der Waals surface area (Å²) in [4.78, 5) is 43.7. The summed E-state index contributed by atoms with van der Waals surface area (Å²) in [6.07, 6.45) is 1.08. The van der Waals surface area contributed by atoms with Gasteiger partial charge in [0.05, 0.1) is 47.6 Å². The van der Waals surface area contributed by atoms with E-state index in [0.717, 1.165) is 22.1 Å². The number of amides is 1. The van der Waals surface area contributed by atoms with E-state index in [9.17, 15) is 29.0 Å². The minimum Gasteiger partial charge on any atom is -0.458 e. The molecule has 9 nitrogen and oxygen atoms in total. The molecule has 2 aromatic heterocycles. The molecule has 1 aromatic carbocycles. The summed E-state index contributed by atoms with van der Waals surface area (Å²) in [5.74, 6) is -2.09. The van der Waals surface area contributed by atoms with Crippen molar-refractivity contribution >= 4 is 22.8 Å². The topological polar surface area (TPSA) is 131 Å². The Morgan fingerprint density at radius 1 is 1.32 bits per heavy atom. The molecule has 3 aliphatic rings. The SMILES string of the molecule is CC[C@@]1(O)C(=O)OCc2c1cc1n(c2=O)Cc2c-1nc1cc(F)c(C)c3c1c2[C@@H](NC(=O)[C@@H](C)CO)CC3. The molecule has 10 heteroatoms. The second-order valence-corrected chi connectivity index (χ2v) is 10.5. The maximum Gasteiger partial charge on any atom is 0.343 e. The van der Waals surface area contributed by atoms with E-state index in [0.29, 0.717) is 35.3 Å². The van der Waals surface area contributed by atoms with E-state index >= 15 is 0 Å². The Hall–Kier alpha value is -3.63. The van der Waals surface area contributed by atoms with Crippen LogP contribution >= 0.6 is 0 Å². The van der Waals surface area contributed by atoms with Crippen molar-refractivity contribution in [2.75, 3.05) is 6.61 Å². The third kappa shape index (κ3) is 3.23. The zero-order chi connectivity index (χ0) is 27.1. The third-order valence-electron chi connectivity index (χ3n) is 8.42. The van der Waals surface area contributed by atoms with E-state index in [-0.39, 0.29) is 54.6 Å². The van der Waals surface area contributed by atoms with Crippen molar-refractivity contribution in [2.24, 2.45) is 5.92 Å². The maximum absolute atomic E-state index is 15.0. The summed E-state index contributed by atoms with van der Waals surface area (Å²) in [7, 11) is 0. The number of aliphatic hydroxyl groups excluding tert-OH is 1. The highest BCUT2D eigenvalue weighted by Crippen LogP contribution is 2.46. The molecule has 3 N–H and O–H groups in total. The van der Waals surface area contributed by atoms with Gasteiger partial charge in [0.25, 0.3) is 5.56 Å². The number of aryl methyl sites for hydroxylation is 1. The summed E-state index contributed by atoms with van der Waals surface area (Å²) in [5, 5.41) is 24.5. The van der Waals surface area contributed by atoms with Gasteiger partial charge in [-0.15, -0.1) is 0 Å². The van der Waals surface area contributed by atoms with Crippen LogP contribution in [0, 0.1) is 18.7 Å². The highest BCUT2D eigenvalue weighted by molar-refractivity contribution is 5.94. The fourth-order valence-electron chi connectivity index (χ4n) is 6.10. The standard InChI is InChI=1S/C28H28FN3O6/c1-4-28(37)17-7-21-24-15(9-32(21)26(35)16(17)11-38-27(28)36)23-19(31-25(34)12(2)10-33)6-5-14-13(3)18(29)8-20(30-24)22(14)23/h7-8,12,19,33,37H,4-6,9-11H2,1-3H3,(H,31,34)/t12-,19-,28-/m0/s1. The molecule has 38 heavy (non-hydrogen) atoms. The van der Waals surface area contributed by atoms with Gasteiger partial charge in [-0.2, -0.15) is 0 Å². The number of hydrogen-bond donors (Lipinski definition) is 3. The lowest BCUT2D eigenvalue weighted by Gasteiger charge is -2.31. The van der Waals surface area contributed by atoms with Gasteiger partial charge >= 0.3 is 5.97 Å². The quantitative estimate of drug-likeness (QED) is 0.351. The fraction of sp³-hybridized carbons (Fsp3) is 0.429. The van der Waals surface area contributed by atoms with Gasteiger partial charge in [0.15, 0.2) is 5.60 Å². The van der Waals surface area contributed by atoms with Gasteiger partial charge in [-0.1, -0.05) is 13.8 Å². The molecule has 0 radical (unpaired) electrons. The van der Waals surface area contributed by atoms with Crippen LogP contribution < -0.4 is 10.9 Å². The molecule has 4 heterocycles. The van der Waals surface area contributed by atoms with Crippen molar-refractivity contribution in [1.82, 2.24) is 14.9 Å². The van der Waals surface area contributed by atoms with Gasteiger partial charge in [0.1, 0.15) is 12.4 Å². The number of ether oxygens (including phenoxy) is 1. The lowest BCUT2D eigenvalue weighted by Crippen LogP contribution is -2.44. The first-order valence-electron chi connectivity index (χ1n) is 12.8. The van der Waals surface area contributed by atoms with Gasteiger partial charge < -0.3 is 24.8 Å². The number of benzene rings is 1. The van der Waals surface area contributed by atoms with E-state index in [1.807, 2.05) is 0 Å². The van der Waals surface area contributed by atoms with Crippen LogP contribution in [-0.2, 0) is 39.5 Å². The largest absolute Gasteiger partial charge is 0.458 e. The number of fused-ring (bicyclic) bond motifs is 5. The number of aromatic nitrogens is 2. The number of carbonyl (C=O) groups excluding carboxylic acids is 2. The molecule has 0 spiro atoms. The first kappa shape index (κ1) is 24.7. The van der Waals surface area contributed by atoms with E-state index in [2.05, 4.69) is 5.32 Å². The molecule has 0 saturated heterocycles. The van der Waals surface area contributed by atoms with Crippen LogP contribution in [0.1, 0.15) is 66.1 Å². The van der Waals surface area contributed by atoms with Crippen LogP contribution in [0.3, 0.4) is 0 Å². The van der Waals surface area contributed by atoms with Crippen LogP contribution in [0.2, 0.25) is 0 Å². The maximum atomic E-state index is 15.0. The number of hydrogen-bond acceptors (Lipinski definition) is 7. The van der Waals surface area contributed by atoms with Crippen LogP contribution in [0.15, 0.2) is 16.9 Å². The second-order valence-electron chi connectivity index (χ2n) is 10.5. The average Bonchev–Trinajstić information content (AvgIpc) is 3.28. The number of aliphatic hydroxyl groups is 2. The number of nitrogens with zero attached hydrogens (tertiary/aromatic N) is 2. The number of rotatable bonds is 4. The van der Waals surface area contributed by atoms with Crippen molar-refractivity contribution < 1.29 is 28.9 Å². The minimum atomic E-state index is -1.95. The smallest absolute Gasteiger partial charge is 0.343 e. The first-order chi connectivity index (χ1) is 18.1. The molecular weight excluding hydrogens is 493 g/mol. The zero-order valence-corrected chi connectivity index (χ0v) is 21.4. The molecule has 1 amide bonds. The molecule has 1 aliphatic carbocycles. The lowest BCUT2D eigenvalue weighted by atomic mass is 9.81. The first-order valence-corrected chi connectivity index (χ1v) is 12.8. The van der Waals surface area contributed by atoms with Crippen molar-refractivity contribution in [3.63, 3.8) is 0 Å². The molecular formula is C28H28FN3O6. The van der Waals surface area contributed by atoms with Gasteiger partial charge in [0, 0.05) is 22.6 Å². The Labute approximate surface area is 217 Å². The third-order valence-corrected chi connectivity index (χ3v) is 8.42. The highest BCUT2D eigenvalue weighted by Gasteiger charge is 2.46. The van der Waals surface area contributed by atoms with Crippen molar-refractivity contribution in [3.05, 3.63) is 61.7 Å². The molecule has 3 atom stereocenters. The lowest BCUT2D eigenvalue weighted by molar-refractivity contribution is -0.172. The summed E-state index contributed by atoms with van der Waals surface area (Å²) in [6, 6.07) is 2.57. The average molecular weight is 522 g/mol. The van der Waals surface area contributed by atoms with Crippen molar-refractivity contribution in [3.8, 4) is 11.4 Å². The number of nitrogens with one attached hydrogen (secondary N) is 1. The van der Waals surface area contributed by atoms with Crippen LogP contribution in [-0.4, -0.2) is 38.2 Å². The molecule has 0 fully saturated rings. The monoisotopic (exact) mass is 521 g/mol. The second kappa shape index (κ2) is 8.44. The predicted octanol–water partition coefficient (Wildman–Crippen LogP) is 2.26. The molecule has 3 aromatic rings. The van der Waals surface area contributed by atoms with Gasteiger partial charge in [0.2, 0.25) is 5.91 Å². The number of halogens is 1. The van der Waals surface area contributed by atoms with Crippen LogP contribution in [0.5, 0.6) is 0 Å². The molecule has 0 bridgehead atoms. The Morgan fingerprint density at radius 2 is 2.08 bits per heavy atom. The van der Waals surface area contributed by atoms with E-state index in [4.69, 9.17) is 9.72 Å². The fourth-order valence-corrected chi connectivity index (χ4v) is 6.10. The Kier molecular flexibility index (Phi) is 5.48. The van der Waals surface area contributed by atoms with Gasteiger partial charge in [-0.25, -0.2) is 14.2 Å². The Balaban J connectivity index is 1.63.